The maximum atomic E-state index is 11.9. The van der Waals surface area contributed by atoms with Gasteiger partial charge in [-0.2, -0.15) is 0 Å². The minimum absolute atomic E-state index is 0.316. The largest absolute Gasteiger partial charge is 0.325 e. The maximum absolute atomic E-state index is 11.9. The van der Waals surface area contributed by atoms with E-state index in [1.54, 1.807) is 23.5 Å². The second kappa shape index (κ2) is 5.81. The van der Waals surface area contributed by atoms with Crippen molar-refractivity contribution in [2.24, 2.45) is 0 Å². The highest BCUT2D eigenvalue weighted by molar-refractivity contribution is 7.15. The summed E-state index contributed by atoms with van der Waals surface area (Å²) >= 11 is 7.56. The molecule has 20 heavy (non-hydrogen) atoms. The lowest BCUT2D eigenvalue weighted by atomic mass is 10.0. The van der Waals surface area contributed by atoms with Crippen LogP contribution in [-0.2, 0) is 12.8 Å². The van der Waals surface area contributed by atoms with Gasteiger partial charge in [-0.15, -0.1) is 11.3 Å². The summed E-state index contributed by atoms with van der Waals surface area (Å²) < 4.78 is 0. The predicted molar refractivity (Wildman–Crippen MR) is 82.8 cm³/mol. The van der Waals surface area contributed by atoms with Crippen LogP contribution in [0.1, 0.15) is 23.4 Å². The molecule has 0 unspecified atom stereocenters. The molecule has 2 aromatic rings. The summed E-state index contributed by atoms with van der Waals surface area (Å²) in [6, 6.07) is 6.82. The second-order valence-electron chi connectivity index (χ2n) is 4.65. The highest BCUT2D eigenvalue weighted by atomic mass is 35.5. The molecule has 0 atom stereocenters. The summed E-state index contributed by atoms with van der Waals surface area (Å²) in [4.78, 5) is 17.7. The lowest BCUT2D eigenvalue weighted by Gasteiger charge is -2.06. The van der Waals surface area contributed by atoms with Crippen molar-refractivity contribution >= 4 is 39.8 Å². The number of aromatic nitrogens is 1. The quantitative estimate of drug-likeness (QED) is 0.868. The van der Waals surface area contributed by atoms with E-state index in [-0.39, 0.29) is 6.03 Å². The van der Waals surface area contributed by atoms with Crippen LogP contribution >= 0.6 is 22.9 Å². The molecule has 0 saturated heterocycles. The van der Waals surface area contributed by atoms with Gasteiger partial charge in [0.15, 0.2) is 5.13 Å². The number of rotatable bonds is 2. The first kappa shape index (κ1) is 13.4. The Hall–Kier alpha value is -1.59. The van der Waals surface area contributed by atoms with Gasteiger partial charge >= 0.3 is 6.03 Å². The number of amides is 2. The lowest BCUT2D eigenvalue weighted by Crippen LogP contribution is -2.19. The van der Waals surface area contributed by atoms with Crippen molar-refractivity contribution in [3.05, 3.63) is 39.9 Å². The molecule has 0 aliphatic heterocycles. The fourth-order valence-corrected chi connectivity index (χ4v) is 3.45. The van der Waals surface area contributed by atoms with Crippen LogP contribution in [0.3, 0.4) is 0 Å². The molecule has 0 fully saturated rings. The molecule has 0 spiro atoms. The van der Waals surface area contributed by atoms with Crippen LogP contribution in [0, 0.1) is 0 Å². The average Bonchev–Trinajstić information content (AvgIpc) is 2.83. The van der Waals surface area contributed by atoms with Crippen LogP contribution in [0.2, 0.25) is 5.02 Å². The van der Waals surface area contributed by atoms with Crippen LogP contribution in [0.5, 0.6) is 0 Å². The number of carbonyl (C=O) groups excluding carboxylic acids is 1. The highest BCUT2D eigenvalue weighted by Crippen LogP contribution is 2.29. The number of fused-ring (bicyclic) bond motifs is 1. The summed E-state index contributed by atoms with van der Waals surface area (Å²) in [5.41, 5.74) is 1.72. The van der Waals surface area contributed by atoms with Crippen molar-refractivity contribution in [3.8, 4) is 0 Å². The SMILES string of the molecule is O=C(Nc1nc2c(s1)CCCC2)Nc1ccccc1Cl. The van der Waals surface area contributed by atoms with Gasteiger partial charge in [-0.25, -0.2) is 9.78 Å². The Morgan fingerprint density at radius 3 is 2.80 bits per heavy atom. The minimum atomic E-state index is -0.316. The normalized spacial score (nSPS) is 13.7. The smallest absolute Gasteiger partial charge is 0.306 e. The first-order valence-corrected chi connectivity index (χ1v) is 7.73. The fraction of sp³-hybridized carbons (Fsp3) is 0.286. The van der Waals surface area contributed by atoms with E-state index in [0.29, 0.717) is 15.8 Å². The van der Waals surface area contributed by atoms with E-state index in [9.17, 15) is 4.79 Å². The number of para-hydroxylation sites is 1. The van der Waals surface area contributed by atoms with Gasteiger partial charge in [-0.05, 0) is 37.8 Å². The third-order valence-electron chi connectivity index (χ3n) is 3.19. The van der Waals surface area contributed by atoms with Gasteiger partial charge in [0, 0.05) is 4.88 Å². The number of nitrogens with zero attached hydrogens (tertiary/aromatic N) is 1. The number of thiazole rings is 1. The van der Waals surface area contributed by atoms with E-state index in [0.717, 1.165) is 18.5 Å². The van der Waals surface area contributed by atoms with Gasteiger partial charge in [0.05, 0.1) is 16.4 Å². The minimum Gasteiger partial charge on any atom is -0.306 e. The number of urea groups is 1. The highest BCUT2D eigenvalue weighted by Gasteiger charge is 2.16. The topological polar surface area (TPSA) is 54.0 Å². The summed E-state index contributed by atoms with van der Waals surface area (Å²) in [6.45, 7) is 0. The van der Waals surface area contributed by atoms with Crippen molar-refractivity contribution in [3.63, 3.8) is 0 Å². The van der Waals surface area contributed by atoms with Gasteiger partial charge < -0.3 is 5.32 Å². The predicted octanol–water partition coefficient (Wildman–Crippen LogP) is 4.32. The van der Waals surface area contributed by atoms with Crippen molar-refractivity contribution in [2.75, 3.05) is 10.6 Å². The van der Waals surface area contributed by atoms with E-state index in [1.165, 1.54) is 17.7 Å². The standard InChI is InChI=1S/C14H14ClN3OS/c15-9-5-1-2-6-10(9)16-13(19)18-14-17-11-7-3-4-8-12(11)20-14/h1-2,5-6H,3-4,7-8H2,(H2,16,17,18,19). The Bertz CT molecular complexity index is 618. The monoisotopic (exact) mass is 307 g/mol. The number of halogens is 1. The molecule has 1 aromatic carbocycles. The van der Waals surface area contributed by atoms with E-state index in [2.05, 4.69) is 15.6 Å². The molecule has 0 bridgehead atoms. The number of aryl methyl sites for hydroxylation is 2. The lowest BCUT2D eigenvalue weighted by molar-refractivity contribution is 0.262. The van der Waals surface area contributed by atoms with Crippen LogP contribution in [0.15, 0.2) is 24.3 Å². The number of hydrogen-bond acceptors (Lipinski definition) is 3. The summed E-state index contributed by atoms with van der Waals surface area (Å²) in [5.74, 6) is 0. The zero-order valence-electron chi connectivity index (χ0n) is 10.8. The van der Waals surface area contributed by atoms with E-state index in [4.69, 9.17) is 11.6 Å². The molecule has 4 nitrogen and oxygen atoms in total. The summed E-state index contributed by atoms with van der Waals surface area (Å²) in [6.07, 6.45) is 4.48. The van der Waals surface area contributed by atoms with E-state index in [1.807, 2.05) is 12.1 Å². The molecule has 1 aliphatic carbocycles. The first-order chi connectivity index (χ1) is 9.72. The Morgan fingerprint density at radius 1 is 1.20 bits per heavy atom. The Morgan fingerprint density at radius 2 is 2.00 bits per heavy atom. The summed E-state index contributed by atoms with van der Waals surface area (Å²) in [7, 11) is 0. The molecule has 6 heteroatoms. The van der Waals surface area contributed by atoms with Crippen LogP contribution in [0.4, 0.5) is 15.6 Å². The molecule has 2 N–H and O–H groups in total. The zero-order chi connectivity index (χ0) is 13.9. The van der Waals surface area contributed by atoms with Crippen molar-refractivity contribution < 1.29 is 4.79 Å². The van der Waals surface area contributed by atoms with Crippen molar-refractivity contribution in [2.45, 2.75) is 25.7 Å². The van der Waals surface area contributed by atoms with Crippen LogP contribution < -0.4 is 10.6 Å². The molecule has 2 amide bonds. The molecule has 3 rings (SSSR count). The van der Waals surface area contributed by atoms with Gasteiger partial charge in [0.1, 0.15) is 0 Å². The van der Waals surface area contributed by atoms with Gasteiger partial charge in [-0.3, -0.25) is 5.32 Å². The van der Waals surface area contributed by atoms with Gasteiger partial charge in [0.2, 0.25) is 0 Å². The van der Waals surface area contributed by atoms with E-state index < -0.39 is 0 Å². The summed E-state index contributed by atoms with van der Waals surface area (Å²) in [5, 5.41) is 6.67. The van der Waals surface area contributed by atoms with Gasteiger partial charge in [-0.1, -0.05) is 23.7 Å². The first-order valence-electron chi connectivity index (χ1n) is 6.53. The number of hydrogen-bond donors (Lipinski definition) is 2. The number of benzene rings is 1. The molecule has 1 heterocycles. The van der Waals surface area contributed by atoms with Crippen molar-refractivity contribution in [1.29, 1.82) is 0 Å². The Balaban J connectivity index is 1.67. The fourth-order valence-electron chi connectivity index (χ4n) is 2.22. The van der Waals surface area contributed by atoms with Crippen LogP contribution in [0.25, 0.3) is 0 Å². The van der Waals surface area contributed by atoms with Crippen LogP contribution in [-0.4, -0.2) is 11.0 Å². The number of anilines is 2. The van der Waals surface area contributed by atoms with Crippen molar-refractivity contribution in [1.82, 2.24) is 4.98 Å². The number of nitrogens with one attached hydrogen (secondary N) is 2. The van der Waals surface area contributed by atoms with E-state index >= 15 is 0 Å². The molecule has 0 saturated carbocycles. The molecule has 0 radical (unpaired) electrons. The molecular formula is C14H14ClN3OS. The maximum Gasteiger partial charge on any atom is 0.325 e. The second-order valence-corrected chi connectivity index (χ2v) is 6.15. The zero-order valence-corrected chi connectivity index (χ0v) is 12.4. The Kier molecular flexibility index (Phi) is 3.89. The molecule has 104 valence electrons. The number of carbonyl (C=O) groups is 1. The molecular weight excluding hydrogens is 294 g/mol. The van der Waals surface area contributed by atoms with Gasteiger partial charge in [0.25, 0.3) is 0 Å². The third-order valence-corrected chi connectivity index (χ3v) is 4.59. The average molecular weight is 308 g/mol. The molecule has 1 aliphatic rings. The third kappa shape index (κ3) is 2.94. The Labute approximate surface area is 126 Å². The molecule has 1 aromatic heterocycles.